The number of nitrogens with zero attached hydrogens (tertiary/aromatic N) is 3. The summed E-state index contributed by atoms with van der Waals surface area (Å²) in [6.45, 7) is 7.12. The van der Waals surface area contributed by atoms with E-state index in [1.54, 1.807) is 12.1 Å². The van der Waals surface area contributed by atoms with Crippen LogP contribution in [0.1, 0.15) is 23.9 Å². The van der Waals surface area contributed by atoms with Crippen LogP contribution >= 0.6 is 15.9 Å². The average molecular weight is 353 g/mol. The van der Waals surface area contributed by atoms with Crippen molar-refractivity contribution in [2.45, 2.75) is 27.3 Å². The largest absolute Gasteiger partial charge is 0.385 e. The summed E-state index contributed by atoms with van der Waals surface area (Å²) in [7, 11) is 0. The minimum Gasteiger partial charge on any atom is -0.385 e. The highest BCUT2D eigenvalue weighted by Gasteiger charge is 2.14. The molecule has 0 bridgehead atoms. The zero-order valence-corrected chi connectivity index (χ0v) is 13.8. The Bertz CT molecular complexity index is 682. The first-order chi connectivity index (χ1) is 9.93. The molecule has 112 valence electrons. The normalized spacial score (nSPS) is 10.7. The van der Waals surface area contributed by atoms with Crippen molar-refractivity contribution in [2.24, 2.45) is 0 Å². The number of aryl methyl sites for hydroxylation is 1. The molecule has 1 aromatic carbocycles. The summed E-state index contributed by atoms with van der Waals surface area (Å²) >= 11 is 3.49. The number of hydrogen-bond donors (Lipinski definition) is 1. The third kappa shape index (κ3) is 3.24. The minimum absolute atomic E-state index is 0.0900. The van der Waals surface area contributed by atoms with Crippen molar-refractivity contribution in [3.63, 3.8) is 0 Å². The first-order valence-electron chi connectivity index (χ1n) is 6.64. The molecular weight excluding hydrogens is 336 g/mol. The number of aromatic nitrogens is 2. The molecule has 0 aliphatic carbocycles. The second kappa shape index (κ2) is 6.26. The highest BCUT2D eigenvalue weighted by molar-refractivity contribution is 9.10. The van der Waals surface area contributed by atoms with Crippen LogP contribution in [-0.4, -0.2) is 21.2 Å². The van der Waals surface area contributed by atoms with E-state index < -0.39 is 0 Å². The fourth-order valence-electron chi connectivity index (χ4n) is 2.18. The van der Waals surface area contributed by atoms with Crippen LogP contribution in [0.15, 0.2) is 22.7 Å². The van der Waals surface area contributed by atoms with Crippen molar-refractivity contribution in [3.8, 4) is 0 Å². The summed E-state index contributed by atoms with van der Waals surface area (Å²) in [6.07, 6.45) is 0. The van der Waals surface area contributed by atoms with Crippen molar-refractivity contribution >= 4 is 27.3 Å². The van der Waals surface area contributed by atoms with Crippen LogP contribution in [0.3, 0.4) is 0 Å². The van der Waals surface area contributed by atoms with E-state index >= 15 is 0 Å². The molecule has 21 heavy (non-hydrogen) atoms. The van der Waals surface area contributed by atoms with E-state index in [0.717, 1.165) is 33.7 Å². The number of halogens is 1. The zero-order chi connectivity index (χ0) is 15.6. The molecular formula is C14H17BrN4O2. The lowest BCUT2D eigenvalue weighted by Gasteiger charge is -2.12. The minimum atomic E-state index is -0.379. The quantitative estimate of drug-likeness (QED) is 0.658. The lowest BCUT2D eigenvalue weighted by Crippen LogP contribution is -2.08. The Morgan fingerprint density at radius 2 is 2.14 bits per heavy atom. The maximum Gasteiger partial charge on any atom is 0.269 e. The van der Waals surface area contributed by atoms with Gasteiger partial charge in [0, 0.05) is 29.9 Å². The van der Waals surface area contributed by atoms with Crippen LogP contribution in [0.25, 0.3) is 0 Å². The van der Waals surface area contributed by atoms with Gasteiger partial charge < -0.3 is 5.32 Å². The molecule has 1 heterocycles. The predicted octanol–water partition coefficient (Wildman–Crippen LogP) is 3.65. The summed E-state index contributed by atoms with van der Waals surface area (Å²) in [5, 5.41) is 18.6. The molecule has 0 aliphatic heterocycles. The fraction of sp³-hybridized carbons (Fsp3) is 0.357. The van der Waals surface area contributed by atoms with Crippen molar-refractivity contribution in [1.82, 2.24) is 9.78 Å². The molecule has 0 saturated carbocycles. The van der Waals surface area contributed by atoms with Gasteiger partial charge in [0.2, 0.25) is 0 Å². The third-order valence-corrected chi connectivity index (χ3v) is 4.43. The number of nitro benzene ring substituents is 1. The number of benzene rings is 1. The maximum atomic E-state index is 11.0. The van der Waals surface area contributed by atoms with Crippen LogP contribution in [-0.2, 0) is 6.54 Å². The van der Waals surface area contributed by atoms with Crippen molar-refractivity contribution in [3.05, 3.63) is 49.7 Å². The van der Waals surface area contributed by atoms with E-state index in [1.807, 2.05) is 25.5 Å². The first-order valence-corrected chi connectivity index (χ1v) is 7.44. The van der Waals surface area contributed by atoms with Gasteiger partial charge in [-0.05, 0) is 42.8 Å². The van der Waals surface area contributed by atoms with E-state index in [4.69, 9.17) is 0 Å². The van der Waals surface area contributed by atoms with Crippen LogP contribution in [0.4, 0.5) is 11.4 Å². The van der Waals surface area contributed by atoms with E-state index in [1.165, 1.54) is 6.07 Å². The Morgan fingerprint density at radius 3 is 2.67 bits per heavy atom. The molecule has 7 heteroatoms. The molecule has 0 atom stereocenters. The van der Waals surface area contributed by atoms with Gasteiger partial charge in [-0.25, -0.2) is 0 Å². The molecule has 0 spiro atoms. The molecule has 6 nitrogen and oxygen atoms in total. The average Bonchev–Trinajstić information content (AvgIpc) is 2.68. The lowest BCUT2D eigenvalue weighted by atomic mass is 10.1. The van der Waals surface area contributed by atoms with Gasteiger partial charge in [-0.2, -0.15) is 5.10 Å². The van der Waals surface area contributed by atoms with Crippen LogP contribution in [0.5, 0.6) is 0 Å². The SMILES string of the molecule is CCNc1ccc([N+](=O)[O-])cc1Cn1nc(C)c(Br)c1C. The van der Waals surface area contributed by atoms with E-state index in [9.17, 15) is 10.1 Å². The summed E-state index contributed by atoms with van der Waals surface area (Å²) in [5.41, 5.74) is 3.74. The monoisotopic (exact) mass is 352 g/mol. The highest BCUT2D eigenvalue weighted by atomic mass is 79.9. The number of nitrogens with one attached hydrogen (secondary N) is 1. The van der Waals surface area contributed by atoms with E-state index in [0.29, 0.717) is 6.54 Å². The van der Waals surface area contributed by atoms with Crippen LogP contribution < -0.4 is 5.32 Å². The van der Waals surface area contributed by atoms with Crippen molar-refractivity contribution < 1.29 is 4.92 Å². The standard InChI is InChI=1S/C14H17BrN4O2/c1-4-16-13-6-5-12(19(20)21)7-11(13)8-18-10(3)14(15)9(2)17-18/h5-7,16H,4,8H2,1-3H3. The number of anilines is 1. The van der Waals surface area contributed by atoms with E-state index in [2.05, 4.69) is 26.3 Å². The number of rotatable bonds is 5. The third-order valence-electron chi connectivity index (χ3n) is 3.28. The molecule has 0 amide bonds. The van der Waals surface area contributed by atoms with Crippen LogP contribution in [0.2, 0.25) is 0 Å². The molecule has 0 fully saturated rings. The summed E-state index contributed by atoms with van der Waals surface area (Å²) < 4.78 is 2.82. The van der Waals surface area contributed by atoms with Gasteiger partial charge in [-0.3, -0.25) is 14.8 Å². The van der Waals surface area contributed by atoms with Gasteiger partial charge in [0.05, 0.1) is 27.3 Å². The molecule has 2 rings (SSSR count). The van der Waals surface area contributed by atoms with Gasteiger partial charge in [0.1, 0.15) is 0 Å². The Kier molecular flexibility index (Phi) is 4.62. The molecule has 0 unspecified atom stereocenters. The van der Waals surface area contributed by atoms with Gasteiger partial charge in [-0.15, -0.1) is 0 Å². The smallest absolute Gasteiger partial charge is 0.269 e. The number of hydrogen-bond acceptors (Lipinski definition) is 4. The molecule has 0 saturated heterocycles. The van der Waals surface area contributed by atoms with Gasteiger partial charge in [0.25, 0.3) is 5.69 Å². The Labute approximate surface area is 131 Å². The molecule has 0 aliphatic rings. The second-order valence-electron chi connectivity index (χ2n) is 4.77. The molecule has 1 N–H and O–H groups in total. The fourth-order valence-corrected chi connectivity index (χ4v) is 2.46. The Hall–Kier alpha value is -1.89. The summed E-state index contributed by atoms with van der Waals surface area (Å²) in [5.74, 6) is 0. The topological polar surface area (TPSA) is 73.0 Å². The second-order valence-corrected chi connectivity index (χ2v) is 5.56. The molecule has 1 aromatic heterocycles. The Balaban J connectivity index is 2.42. The zero-order valence-electron chi connectivity index (χ0n) is 12.2. The van der Waals surface area contributed by atoms with Gasteiger partial charge in [-0.1, -0.05) is 0 Å². The number of nitro groups is 1. The summed E-state index contributed by atoms with van der Waals surface area (Å²) in [6, 6.07) is 4.86. The molecule has 0 radical (unpaired) electrons. The van der Waals surface area contributed by atoms with Crippen molar-refractivity contribution in [2.75, 3.05) is 11.9 Å². The summed E-state index contributed by atoms with van der Waals surface area (Å²) in [4.78, 5) is 10.6. The van der Waals surface area contributed by atoms with E-state index in [-0.39, 0.29) is 10.6 Å². The number of non-ortho nitro benzene ring substituents is 1. The van der Waals surface area contributed by atoms with Crippen LogP contribution in [0, 0.1) is 24.0 Å². The first kappa shape index (κ1) is 15.5. The van der Waals surface area contributed by atoms with Gasteiger partial charge in [0.15, 0.2) is 0 Å². The predicted molar refractivity (Wildman–Crippen MR) is 85.8 cm³/mol. The Morgan fingerprint density at radius 1 is 1.43 bits per heavy atom. The maximum absolute atomic E-state index is 11.0. The lowest BCUT2D eigenvalue weighted by molar-refractivity contribution is -0.384. The molecule has 2 aromatic rings. The van der Waals surface area contributed by atoms with Gasteiger partial charge >= 0.3 is 0 Å². The van der Waals surface area contributed by atoms with Crippen molar-refractivity contribution in [1.29, 1.82) is 0 Å². The highest BCUT2D eigenvalue weighted by Crippen LogP contribution is 2.25.